The molecule has 55 heavy (non-hydrogen) atoms. The van der Waals surface area contributed by atoms with Crippen LogP contribution in [0.3, 0.4) is 0 Å². The van der Waals surface area contributed by atoms with Crippen molar-refractivity contribution in [2.45, 2.75) is 29.5 Å². The van der Waals surface area contributed by atoms with Crippen LogP contribution in [-0.4, -0.2) is 30.0 Å². The third kappa shape index (κ3) is 8.00. The van der Waals surface area contributed by atoms with E-state index in [2.05, 4.69) is 79.4 Å². The maximum absolute atomic E-state index is 12.9. The lowest BCUT2D eigenvalue weighted by Gasteiger charge is -2.42. The highest BCUT2D eigenvalue weighted by Crippen LogP contribution is 2.43. The number of rotatable bonds is 17. The first-order chi connectivity index (χ1) is 27.1. The Balaban J connectivity index is 1.32. The quantitative estimate of drug-likeness (QED) is 0.0751. The average molecular weight is 723 g/mol. The minimum atomic E-state index is -1.71. The van der Waals surface area contributed by atoms with Crippen molar-refractivity contribution in [1.29, 1.82) is 0 Å². The molecule has 0 bridgehead atoms. The van der Waals surface area contributed by atoms with Gasteiger partial charge in [-0.15, -0.1) is 6.58 Å². The van der Waals surface area contributed by atoms with Gasteiger partial charge in [-0.2, -0.15) is 0 Å². The van der Waals surface area contributed by atoms with Crippen molar-refractivity contribution in [3.8, 4) is 0 Å². The van der Waals surface area contributed by atoms with Gasteiger partial charge in [0.25, 0.3) is 0 Å². The largest absolute Gasteiger partial charge is 0.381 e. The van der Waals surface area contributed by atoms with E-state index in [4.69, 9.17) is 14.2 Å². The van der Waals surface area contributed by atoms with E-state index in [1.807, 2.05) is 140 Å². The van der Waals surface area contributed by atoms with E-state index in [9.17, 15) is 5.11 Å². The second-order valence-electron chi connectivity index (χ2n) is 13.6. The zero-order valence-electron chi connectivity index (χ0n) is 30.9. The molecule has 7 aromatic carbocycles. The molecule has 7 rings (SSSR count). The van der Waals surface area contributed by atoms with E-state index in [1.54, 1.807) is 0 Å². The van der Waals surface area contributed by atoms with Crippen molar-refractivity contribution in [3.63, 3.8) is 0 Å². The van der Waals surface area contributed by atoms with Gasteiger partial charge in [0.1, 0.15) is 22.9 Å². The zero-order valence-corrected chi connectivity index (χ0v) is 30.9. The van der Waals surface area contributed by atoms with Crippen LogP contribution < -0.4 is 0 Å². The van der Waals surface area contributed by atoms with Crippen molar-refractivity contribution in [2.75, 3.05) is 13.2 Å². The fourth-order valence-electron chi connectivity index (χ4n) is 7.35. The predicted molar refractivity (Wildman–Crippen MR) is 220 cm³/mol. The van der Waals surface area contributed by atoms with E-state index in [0.29, 0.717) is 0 Å². The summed E-state index contributed by atoms with van der Waals surface area (Å²) in [7, 11) is 0. The fraction of sp³-hybridized carbons (Fsp3) is 0.137. The van der Waals surface area contributed by atoms with Gasteiger partial charge in [-0.25, -0.2) is 0 Å². The lowest BCUT2D eigenvalue weighted by molar-refractivity contribution is -0.171. The lowest BCUT2D eigenvalue weighted by Crippen LogP contribution is -2.52. The maximum atomic E-state index is 12.9. The van der Waals surface area contributed by atoms with Crippen molar-refractivity contribution in [1.82, 2.24) is 0 Å². The molecule has 7 aromatic rings. The van der Waals surface area contributed by atoms with Crippen molar-refractivity contribution >= 4 is 0 Å². The molecule has 0 saturated carbocycles. The van der Waals surface area contributed by atoms with Crippen LogP contribution >= 0.6 is 0 Å². The average Bonchev–Trinajstić information content (AvgIpc) is 3.27. The van der Waals surface area contributed by atoms with Crippen molar-refractivity contribution < 1.29 is 19.3 Å². The van der Waals surface area contributed by atoms with Crippen LogP contribution in [0.25, 0.3) is 0 Å². The topological polar surface area (TPSA) is 47.9 Å². The van der Waals surface area contributed by atoms with E-state index < -0.39 is 22.9 Å². The standard InChI is InChI=1S/C51H46O4/c1-2-49(52,40-55-51(45-32-18-7-19-33-45,46-34-20-8-21-35-46)47-36-22-9-23-37-47)48(53-38-41-24-10-3-11-25-41)39-54-50(42-26-12-4-13-27-42,43-28-14-5-15-29-43)44-30-16-6-17-31-44/h2-37,48,52H,1,38-40H2/t48-,49+/m0/s1. The zero-order chi connectivity index (χ0) is 37.8. The summed E-state index contributed by atoms with van der Waals surface area (Å²) < 4.78 is 21.2. The van der Waals surface area contributed by atoms with E-state index in [0.717, 1.165) is 38.9 Å². The molecule has 274 valence electrons. The predicted octanol–water partition coefficient (Wildman–Crippen LogP) is 10.5. The summed E-state index contributed by atoms with van der Waals surface area (Å²) in [6, 6.07) is 71.0. The van der Waals surface area contributed by atoms with Gasteiger partial charge < -0.3 is 19.3 Å². The number of hydrogen-bond acceptors (Lipinski definition) is 4. The molecule has 0 fully saturated rings. The number of benzene rings is 7. The highest BCUT2D eigenvalue weighted by atomic mass is 16.6. The summed E-state index contributed by atoms with van der Waals surface area (Å²) in [5.41, 5.74) is 2.75. The Labute approximate surface area is 325 Å². The molecular formula is C51H46O4. The van der Waals surface area contributed by atoms with E-state index in [-0.39, 0.29) is 19.8 Å². The summed E-state index contributed by atoms with van der Waals surface area (Å²) in [6.07, 6.45) is 0.619. The molecule has 0 heterocycles. The van der Waals surface area contributed by atoms with Gasteiger partial charge in [-0.05, 0) is 38.9 Å². The minimum absolute atomic E-state index is 0.00753. The SMILES string of the molecule is C=C[C@@](O)(COC(c1ccccc1)(c1ccccc1)c1ccccc1)[C@H](COC(c1ccccc1)(c1ccccc1)c1ccccc1)OCc1ccccc1. The molecule has 4 nitrogen and oxygen atoms in total. The second-order valence-corrected chi connectivity index (χ2v) is 13.6. The molecule has 0 aliphatic heterocycles. The highest BCUT2D eigenvalue weighted by Gasteiger charge is 2.45. The van der Waals surface area contributed by atoms with Crippen molar-refractivity contribution in [2.24, 2.45) is 0 Å². The lowest BCUT2D eigenvalue weighted by atomic mass is 9.79. The molecule has 0 radical (unpaired) electrons. The van der Waals surface area contributed by atoms with Crippen LogP contribution in [0, 0.1) is 0 Å². The summed E-state index contributed by atoms with van der Waals surface area (Å²) in [4.78, 5) is 0. The molecule has 0 aliphatic carbocycles. The normalized spacial score (nSPS) is 13.4. The Morgan fingerprint density at radius 1 is 0.436 bits per heavy atom. The first-order valence-corrected chi connectivity index (χ1v) is 18.7. The first kappa shape index (κ1) is 37.4. The third-order valence-corrected chi connectivity index (χ3v) is 10.3. The molecule has 0 unspecified atom stereocenters. The van der Waals surface area contributed by atoms with E-state index >= 15 is 0 Å². The number of hydrogen-bond donors (Lipinski definition) is 1. The van der Waals surface area contributed by atoms with Crippen LogP contribution in [0.2, 0.25) is 0 Å². The molecule has 0 amide bonds. The fourth-order valence-corrected chi connectivity index (χ4v) is 7.35. The monoisotopic (exact) mass is 722 g/mol. The number of ether oxygens (including phenoxy) is 3. The number of aliphatic hydroxyl groups is 1. The molecule has 0 spiro atoms. The summed E-state index contributed by atoms with van der Waals surface area (Å²) in [6.45, 7) is 4.25. The molecule has 1 N–H and O–H groups in total. The van der Waals surface area contributed by atoms with E-state index in [1.165, 1.54) is 6.08 Å². The molecule has 2 atom stereocenters. The van der Waals surface area contributed by atoms with Crippen molar-refractivity contribution in [3.05, 3.63) is 264 Å². The third-order valence-electron chi connectivity index (χ3n) is 10.3. The molecule has 4 heteroatoms. The molecule has 0 aromatic heterocycles. The summed E-state index contributed by atoms with van der Waals surface area (Å²) in [5, 5.41) is 12.9. The smallest absolute Gasteiger partial charge is 0.143 e. The van der Waals surface area contributed by atoms with Crippen LogP contribution in [-0.2, 0) is 32.0 Å². The molecule has 0 saturated heterocycles. The van der Waals surface area contributed by atoms with Gasteiger partial charge in [0, 0.05) is 0 Å². The second kappa shape index (κ2) is 17.5. The van der Waals surface area contributed by atoms with Gasteiger partial charge in [0.15, 0.2) is 0 Å². The van der Waals surface area contributed by atoms with Crippen LogP contribution in [0.15, 0.2) is 225 Å². The Hall–Kier alpha value is -5.88. The Morgan fingerprint density at radius 2 is 0.727 bits per heavy atom. The van der Waals surface area contributed by atoms with Crippen LogP contribution in [0.4, 0.5) is 0 Å². The Morgan fingerprint density at radius 3 is 1.04 bits per heavy atom. The van der Waals surface area contributed by atoms with Gasteiger partial charge >= 0.3 is 0 Å². The Bertz CT molecular complexity index is 1990. The Kier molecular flexibility index (Phi) is 11.9. The minimum Gasteiger partial charge on any atom is -0.381 e. The van der Waals surface area contributed by atoms with Gasteiger partial charge in [-0.1, -0.05) is 218 Å². The van der Waals surface area contributed by atoms with Gasteiger partial charge in [0.2, 0.25) is 0 Å². The van der Waals surface area contributed by atoms with Crippen LogP contribution in [0.5, 0.6) is 0 Å². The first-order valence-electron chi connectivity index (χ1n) is 18.7. The summed E-state index contributed by atoms with van der Waals surface area (Å²) >= 11 is 0. The van der Waals surface area contributed by atoms with Gasteiger partial charge in [-0.3, -0.25) is 0 Å². The van der Waals surface area contributed by atoms with Crippen LogP contribution in [0.1, 0.15) is 38.9 Å². The van der Waals surface area contributed by atoms with Gasteiger partial charge in [0.05, 0.1) is 19.8 Å². The molecule has 0 aliphatic rings. The highest BCUT2D eigenvalue weighted by molar-refractivity contribution is 5.49. The maximum Gasteiger partial charge on any atom is 0.143 e. The summed E-state index contributed by atoms with van der Waals surface area (Å²) in [5.74, 6) is 0. The molecular weight excluding hydrogens is 677 g/mol.